The summed E-state index contributed by atoms with van der Waals surface area (Å²) in [5.74, 6) is 0.0829. The predicted molar refractivity (Wildman–Crippen MR) is 112 cm³/mol. The van der Waals surface area contributed by atoms with Gasteiger partial charge in [-0.05, 0) is 29.5 Å². The minimum atomic E-state index is 0.0829. The zero-order valence-electron chi connectivity index (χ0n) is 16.2. The number of rotatable bonds is 5. The molecule has 1 aliphatic rings. The summed E-state index contributed by atoms with van der Waals surface area (Å²) in [7, 11) is 0. The number of aromatic nitrogens is 2. The van der Waals surface area contributed by atoms with Crippen LogP contribution in [0.5, 0.6) is 0 Å². The first-order valence-electron chi connectivity index (χ1n) is 9.88. The Labute approximate surface area is 166 Å². The molecule has 1 aromatic heterocycles. The standard InChI is InChI=1S/C24H25N3O/c1-2-23-22(17-25-27(23)18-19-9-5-3-6-10-19)24(28)26-15-13-21(14-16-26)20-11-7-4-8-12-20/h3-13,17H,2,14-16,18H2,1H3. The highest BCUT2D eigenvalue weighted by Gasteiger charge is 2.23. The molecule has 0 saturated heterocycles. The molecule has 0 aliphatic carbocycles. The highest BCUT2D eigenvalue weighted by molar-refractivity contribution is 5.95. The molecule has 0 fully saturated rings. The topological polar surface area (TPSA) is 38.1 Å². The first-order chi connectivity index (χ1) is 13.8. The second kappa shape index (κ2) is 8.26. The quantitative estimate of drug-likeness (QED) is 0.666. The molecule has 0 spiro atoms. The maximum atomic E-state index is 13.1. The van der Waals surface area contributed by atoms with E-state index in [4.69, 9.17) is 0 Å². The summed E-state index contributed by atoms with van der Waals surface area (Å²) in [4.78, 5) is 15.1. The van der Waals surface area contributed by atoms with Crippen molar-refractivity contribution in [1.82, 2.24) is 14.7 Å². The fourth-order valence-electron chi connectivity index (χ4n) is 3.79. The van der Waals surface area contributed by atoms with E-state index in [1.54, 1.807) is 6.20 Å². The second-order valence-corrected chi connectivity index (χ2v) is 7.10. The number of nitrogens with zero attached hydrogens (tertiary/aromatic N) is 3. The third kappa shape index (κ3) is 3.77. The zero-order valence-corrected chi connectivity index (χ0v) is 16.2. The Bertz CT molecular complexity index is 974. The molecular weight excluding hydrogens is 346 g/mol. The monoisotopic (exact) mass is 371 g/mol. The fraction of sp³-hybridized carbons (Fsp3) is 0.250. The summed E-state index contributed by atoms with van der Waals surface area (Å²) in [5.41, 5.74) is 5.49. The van der Waals surface area contributed by atoms with Crippen molar-refractivity contribution >= 4 is 11.5 Å². The van der Waals surface area contributed by atoms with Gasteiger partial charge >= 0.3 is 0 Å². The van der Waals surface area contributed by atoms with Gasteiger partial charge in [0.1, 0.15) is 0 Å². The van der Waals surface area contributed by atoms with E-state index in [0.717, 1.165) is 30.6 Å². The smallest absolute Gasteiger partial charge is 0.257 e. The number of carbonyl (C=O) groups excluding carboxylic acids is 1. The molecule has 0 atom stereocenters. The maximum absolute atomic E-state index is 13.1. The molecule has 1 amide bonds. The van der Waals surface area contributed by atoms with E-state index < -0.39 is 0 Å². The summed E-state index contributed by atoms with van der Waals surface area (Å²) in [6.07, 6.45) is 5.58. The first kappa shape index (κ1) is 18.2. The zero-order chi connectivity index (χ0) is 19.3. The molecule has 0 radical (unpaired) electrons. The van der Waals surface area contributed by atoms with Crippen LogP contribution in [-0.4, -0.2) is 33.7 Å². The molecule has 142 valence electrons. The fourth-order valence-corrected chi connectivity index (χ4v) is 3.79. The molecule has 4 rings (SSSR count). The SMILES string of the molecule is CCc1c(C(=O)N2CC=C(c3ccccc3)CC2)cnn1Cc1ccccc1. The van der Waals surface area contributed by atoms with E-state index in [2.05, 4.69) is 54.5 Å². The molecule has 3 aromatic rings. The van der Waals surface area contributed by atoms with Crippen molar-refractivity contribution in [1.29, 1.82) is 0 Å². The van der Waals surface area contributed by atoms with Gasteiger partial charge in [-0.15, -0.1) is 0 Å². The lowest BCUT2D eigenvalue weighted by atomic mass is 9.99. The Morgan fingerprint density at radius 1 is 1.04 bits per heavy atom. The lowest BCUT2D eigenvalue weighted by Crippen LogP contribution is -2.35. The van der Waals surface area contributed by atoms with Gasteiger partial charge in [0.05, 0.1) is 24.0 Å². The van der Waals surface area contributed by atoms with Crippen LogP contribution in [0, 0.1) is 0 Å². The van der Waals surface area contributed by atoms with E-state index in [1.807, 2.05) is 33.8 Å². The molecule has 0 saturated carbocycles. The average molecular weight is 371 g/mol. The van der Waals surface area contributed by atoms with Gasteiger partial charge in [-0.3, -0.25) is 9.48 Å². The van der Waals surface area contributed by atoms with Gasteiger partial charge in [-0.2, -0.15) is 5.10 Å². The van der Waals surface area contributed by atoms with Crippen LogP contribution in [0.1, 0.15) is 40.5 Å². The molecule has 1 aliphatic heterocycles. The number of carbonyl (C=O) groups is 1. The highest BCUT2D eigenvalue weighted by atomic mass is 16.2. The molecule has 0 bridgehead atoms. The number of benzene rings is 2. The number of hydrogen-bond donors (Lipinski definition) is 0. The summed E-state index contributed by atoms with van der Waals surface area (Å²) >= 11 is 0. The van der Waals surface area contributed by atoms with Crippen molar-refractivity contribution in [3.63, 3.8) is 0 Å². The van der Waals surface area contributed by atoms with E-state index in [9.17, 15) is 4.79 Å². The molecule has 0 N–H and O–H groups in total. The molecule has 2 heterocycles. The van der Waals surface area contributed by atoms with Crippen molar-refractivity contribution in [2.75, 3.05) is 13.1 Å². The summed E-state index contributed by atoms with van der Waals surface area (Å²) in [6.45, 7) is 4.16. The number of hydrogen-bond acceptors (Lipinski definition) is 2. The summed E-state index contributed by atoms with van der Waals surface area (Å²) in [6, 6.07) is 20.6. The normalized spacial score (nSPS) is 14.0. The molecular formula is C24H25N3O. The van der Waals surface area contributed by atoms with Crippen molar-refractivity contribution in [3.05, 3.63) is 95.3 Å². The van der Waals surface area contributed by atoms with Crippen molar-refractivity contribution in [2.24, 2.45) is 0 Å². The average Bonchev–Trinajstić information content (AvgIpc) is 3.17. The van der Waals surface area contributed by atoms with Crippen LogP contribution >= 0.6 is 0 Å². The van der Waals surface area contributed by atoms with E-state index in [0.29, 0.717) is 13.1 Å². The van der Waals surface area contributed by atoms with Crippen molar-refractivity contribution < 1.29 is 4.79 Å². The van der Waals surface area contributed by atoms with Gasteiger partial charge in [0.15, 0.2) is 0 Å². The van der Waals surface area contributed by atoms with Gasteiger partial charge < -0.3 is 4.90 Å². The highest BCUT2D eigenvalue weighted by Crippen LogP contribution is 2.24. The molecule has 4 nitrogen and oxygen atoms in total. The second-order valence-electron chi connectivity index (χ2n) is 7.10. The molecule has 28 heavy (non-hydrogen) atoms. The van der Waals surface area contributed by atoms with Crippen LogP contribution in [0.4, 0.5) is 0 Å². The van der Waals surface area contributed by atoms with E-state index in [-0.39, 0.29) is 5.91 Å². The van der Waals surface area contributed by atoms with Crippen LogP contribution in [0.3, 0.4) is 0 Å². The maximum Gasteiger partial charge on any atom is 0.257 e. The van der Waals surface area contributed by atoms with Gasteiger partial charge in [-0.1, -0.05) is 73.7 Å². The molecule has 0 unspecified atom stereocenters. The van der Waals surface area contributed by atoms with Gasteiger partial charge in [-0.25, -0.2) is 0 Å². The Morgan fingerprint density at radius 2 is 1.75 bits per heavy atom. The summed E-state index contributed by atoms with van der Waals surface area (Å²) in [5, 5.41) is 4.51. The van der Waals surface area contributed by atoms with E-state index in [1.165, 1.54) is 16.7 Å². The number of amides is 1. The van der Waals surface area contributed by atoms with Crippen molar-refractivity contribution in [2.45, 2.75) is 26.3 Å². The predicted octanol–water partition coefficient (Wildman–Crippen LogP) is 4.42. The Kier molecular flexibility index (Phi) is 5.38. The van der Waals surface area contributed by atoms with Crippen LogP contribution in [-0.2, 0) is 13.0 Å². The lowest BCUT2D eigenvalue weighted by molar-refractivity contribution is 0.0771. The van der Waals surface area contributed by atoms with Crippen LogP contribution in [0.2, 0.25) is 0 Å². The van der Waals surface area contributed by atoms with Gasteiger partial charge in [0, 0.05) is 13.1 Å². The Balaban J connectivity index is 1.50. The largest absolute Gasteiger partial charge is 0.334 e. The minimum Gasteiger partial charge on any atom is -0.334 e. The minimum absolute atomic E-state index is 0.0829. The van der Waals surface area contributed by atoms with E-state index >= 15 is 0 Å². The van der Waals surface area contributed by atoms with Crippen LogP contribution < -0.4 is 0 Å². The van der Waals surface area contributed by atoms with Gasteiger partial charge in [0.25, 0.3) is 5.91 Å². The Morgan fingerprint density at radius 3 is 2.39 bits per heavy atom. The molecule has 4 heteroatoms. The summed E-state index contributed by atoms with van der Waals surface area (Å²) < 4.78 is 1.96. The molecule has 2 aromatic carbocycles. The third-order valence-corrected chi connectivity index (χ3v) is 5.33. The van der Waals surface area contributed by atoms with Crippen LogP contribution in [0.25, 0.3) is 5.57 Å². The lowest BCUT2D eigenvalue weighted by Gasteiger charge is -2.26. The van der Waals surface area contributed by atoms with Crippen molar-refractivity contribution in [3.8, 4) is 0 Å². The van der Waals surface area contributed by atoms with Gasteiger partial charge in [0.2, 0.25) is 0 Å². The Hall–Kier alpha value is -3.14. The third-order valence-electron chi connectivity index (χ3n) is 5.33. The van der Waals surface area contributed by atoms with Crippen LogP contribution in [0.15, 0.2) is 72.9 Å². The first-order valence-corrected chi connectivity index (χ1v) is 9.88.